The smallest absolute Gasteiger partial charge is 0.200 e. The van der Waals surface area contributed by atoms with Gasteiger partial charge in [-0.2, -0.15) is 0 Å². The number of hydrogen-bond donors (Lipinski definition) is 0. The first-order valence-corrected chi connectivity index (χ1v) is 19.6. The second kappa shape index (κ2) is 14.2. The van der Waals surface area contributed by atoms with Crippen molar-refractivity contribution in [3.8, 4) is 22.3 Å². The molecular weight excluding hydrogens is 697 g/mol. The maximum Gasteiger partial charge on any atom is 0.200 e. The summed E-state index contributed by atoms with van der Waals surface area (Å²) in [5.41, 5.74) is 15.6. The fourth-order valence-corrected chi connectivity index (χ4v) is 8.59. The first kappa shape index (κ1) is 34.3. The average Bonchev–Trinajstić information content (AvgIpc) is 3.48. The van der Waals surface area contributed by atoms with Gasteiger partial charge in [0.05, 0.1) is 22.0 Å². The molecule has 5 aromatic carbocycles. The first-order chi connectivity index (χ1) is 28.1. The molecule has 3 heterocycles. The third-order valence-electron chi connectivity index (χ3n) is 11.3. The molecule has 1 aliphatic heterocycles. The van der Waals surface area contributed by atoms with Crippen molar-refractivity contribution in [2.75, 3.05) is 11.4 Å². The number of para-hydroxylation sites is 1. The van der Waals surface area contributed by atoms with Crippen LogP contribution in [0.5, 0.6) is 0 Å². The van der Waals surface area contributed by atoms with Crippen LogP contribution in [-0.4, -0.2) is 11.1 Å². The topological polar surface area (TPSA) is 38.4 Å². The van der Waals surface area contributed by atoms with Crippen LogP contribution in [-0.2, 0) is 0 Å². The molecule has 0 amide bonds. The van der Waals surface area contributed by atoms with E-state index in [9.17, 15) is 4.79 Å². The molecule has 4 nitrogen and oxygen atoms in total. The molecular formula is C53H40N2O2. The first-order valence-electron chi connectivity index (χ1n) is 19.6. The van der Waals surface area contributed by atoms with Crippen molar-refractivity contribution in [3.63, 3.8) is 0 Å². The monoisotopic (exact) mass is 736 g/mol. The van der Waals surface area contributed by atoms with E-state index < -0.39 is 0 Å². The van der Waals surface area contributed by atoms with E-state index in [1.807, 2.05) is 49.4 Å². The molecule has 4 heteroatoms. The summed E-state index contributed by atoms with van der Waals surface area (Å²) < 4.78 is 8.93. The Bertz CT molecular complexity index is 3080. The van der Waals surface area contributed by atoms with Crippen molar-refractivity contribution in [2.45, 2.75) is 19.8 Å². The Balaban J connectivity index is 1.07. The van der Waals surface area contributed by atoms with E-state index in [1.54, 1.807) is 0 Å². The number of allylic oxidation sites excluding steroid dienone is 11. The Morgan fingerprint density at radius 2 is 1.39 bits per heavy atom. The summed E-state index contributed by atoms with van der Waals surface area (Å²) >= 11 is 0. The Hall–Kier alpha value is -7.17. The van der Waals surface area contributed by atoms with Gasteiger partial charge < -0.3 is 13.9 Å². The van der Waals surface area contributed by atoms with Crippen LogP contribution in [0.3, 0.4) is 0 Å². The van der Waals surface area contributed by atoms with Crippen molar-refractivity contribution >= 4 is 67.6 Å². The molecule has 7 aromatic rings. The van der Waals surface area contributed by atoms with Crippen molar-refractivity contribution < 1.29 is 4.42 Å². The van der Waals surface area contributed by atoms with Crippen LogP contribution in [0, 0.1) is 0 Å². The normalized spacial score (nSPS) is 15.0. The lowest BCUT2D eigenvalue weighted by molar-refractivity contribution is 0.660. The Kier molecular flexibility index (Phi) is 8.53. The van der Waals surface area contributed by atoms with E-state index >= 15 is 0 Å². The lowest BCUT2D eigenvalue weighted by atomic mass is 9.90. The van der Waals surface area contributed by atoms with Crippen LogP contribution in [0.15, 0.2) is 185 Å². The number of aromatic nitrogens is 1. The van der Waals surface area contributed by atoms with Crippen molar-refractivity contribution in [1.29, 1.82) is 0 Å². The van der Waals surface area contributed by atoms with E-state index in [4.69, 9.17) is 4.42 Å². The maximum atomic E-state index is 13.9. The molecule has 0 atom stereocenters. The summed E-state index contributed by atoms with van der Waals surface area (Å²) in [4.78, 5) is 16.3. The molecule has 0 saturated carbocycles. The summed E-state index contributed by atoms with van der Waals surface area (Å²) in [5.74, 6) is 0. The van der Waals surface area contributed by atoms with Crippen LogP contribution >= 0.6 is 0 Å². The fraction of sp³-hybridized carbons (Fsp3) is 0.0755. The van der Waals surface area contributed by atoms with Gasteiger partial charge in [0.25, 0.3) is 0 Å². The lowest BCUT2D eigenvalue weighted by Crippen LogP contribution is -2.24. The highest BCUT2D eigenvalue weighted by molar-refractivity contribution is 6.01. The molecule has 0 N–H and O–H groups in total. The zero-order valence-electron chi connectivity index (χ0n) is 31.8. The molecule has 274 valence electrons. The van der Waals surface area contributed by atoms with E-state index in [1.165, 1.54) is 28.1 Å². The number of rotatable bonds is 6. The molecule has 0 spiro atoms. The lowest BCUT2D eigenvalue weighted by Gasteiger charge is -2.33. The molecule has 2 aliphatic carbocycles. The maximum absolute atomic E-state index is 13.9. The minimum absolute atomic E-state index is 0.0327. The number of benzene rings is 5. The average molecular weight is 737 g/mol. The van der Waals surface area contributed by atoms with Gasteiger partial charge in [-0.3, -0.25) is 4.79 Å². The van der Waals surface area contributed by atoms with Gasteiger partial charge in [0.2, 0.25) is 5.43 Å². The zero-order chi connectivity index (χ0) is 38.5. The van der Waals surface area contributed by atoms with Gasteiger partial charge in [-0.25, -0.2) is 0 Å². The van der Waals surface area contributed by atoms with Gasteiger partial charge in [0, 0.05) is 40.1 Å². The van der Waals surface area contributed by atoms with Crippen molar-refractivity contribution in [3.05, 3.63) is 203 Å². The molecule has 3 aliphatic rings. The largest absolute Gasteiger partial charge is 0.456 e. The van der Waals surface area contributed by atoms with Crippen LogP contribution in [0.2, 0.25) is 0 Å². The molecule has 0 fully saturated rings. The quantitative estimate of drug-likeness (QED) is 0.160. The predicted molar refractivity (Wildman–Crippen MR) is 242 cm³/mol. The highest BCUT2D eigenvalue weighted by Gasteiger charge is 2.25. The Morgan fingerprint density at radius 3 is 2.16 bits per heavy atom. The Morgan fingerprint density at radius 1 is 0.702 bits per heavy atom. The summed E-state index contributed by atoms with van der Waals surface area (Å²) in [6, 6.07) is 35.7. The molecule has 0 unspecified atom stereocenters. The van der Waals surface area contributed by atoms with Crippen molar-refractivity contribution in [1.82, 2.24) is 4.57 Å². The molecule has 10 rings (SSSR count). The number of nitrogens with zero attached hydrogens (tertiary/aromatic N) is 2. The van der Waals surface area contributed by atoms with Crippen LogP contribution in [0.1, 0.15) is 36.6 Å². The zero-order valence-corrected chi connectivity index (χ0v) is 31.8. The van der Waals surface area contributed by atoms with E-state index in [0.717, 1.165) is 69.5 Å². The van der Waals surface area contributed by atoms with Crippen LogP contribution in [0.4, 0.5) is 11.4 Å². The van der Waals surface area contributed by atoms with Gasteiger partial charge in [-0.1, -0.05) is 104 Å². The van der Waals surface area contributed by atoms with Gasteiger partial charge in [0.15, 0.2) is 0 Å². The second-order valence-corrected chi connectivity index (χ2v) is 14.7. The van der Waals surface area contributed by atoms with Gasteiger partial charge in [0.1, 0.15) is 11.2 Å². The van der Waals surface area contributed by atoms with Crippen LogP contribution < -0.4 is 10.3 Å². The molecule has 57 heavy (non-hydrogen) atoms. The Labute approximate surface area is 332 Å². The third-order valence-corrected chi connectivity index (χ3v) is 11.3. The highest BCUT2D eigenvalue weighted by atomic mass is 16.3. The van der Waals surface area contributed by atoms with Gasteiger partial charge in [-0.15, -0.1) is 0 Å². The van der Waals surface area contributed by atoms with E-state index in [2.05, 4.69) is 150 Å². The molecule has 0 saturated heterocycles. The predicted octanol–water partition coefficient (Wildman–Crippen LogP) is 13.7. The number of fused-ring (bicyclic) bond motifs is 5. The highest BCUT2D eigenvalue weighted by Crippen LogP contribution is 2.43. The second-order valence-electron chi connectivity index (χ2n) is 14.7. The summed E-state index contributed by atoms with van der Waals surface area (Å²) in [5, 5.41) is 2.25. The summed E-state index contributed by atoms with van der Waals surface area (Å²) in [6.45, 7) is 7.06. The minimum Gasteiger partial charge on any atom is -0.456 e. The fourth-order valence-electron chi connectivity index (χ4n) is 8.59. The minimum atomic E-state index is -0.0327. The summed E-state index contributed by atoms with van der Waals surface area (Å²) in [7, 11) is 0. The van der Waals surface area contributed by atoms with E-state index in [0.29, 0.717) is 21.9 Å². The van der Waals surface area contributed by atoms with Gasteiger partial charge in [-0.05, 0) is 132 Å². The summed E-state index contributed by atoms with van der Waals surface area (Å²) in [6.07, 6.45) is 27.8. The van der Waals surface area contributed by atoms with Crippen LogP contribution in [0.25, 0.3) is 78.5 Å². The van der Waals surface area contributed by atoms with Crippen molar-refractivity contribution in [2.24, 2.45) is 0 Å². The van der Waals surface area contributed by atoms with E-state index in [-0.39, 0.29) is 5.43 Å². The number of anilines is 2. The number of hydrogen-bond acceptors (Lipinski definition) is 3. The SMILES string of the molecule is C=Cc1c(/C=C\C)n(C2=CC=CCC=C2)c2ccc(-c3ccc4c(=O)c5ccc(-c6ccc7c(c6)C6=C(C=CCC=C6)CN7c6ccccc6)cc5oc4c3)cc12. The van der Waals surface area contributed by atoms with Gasteiger partial charge >= 0.3 is 0 Å². The standard InChI is InChI=1S/C53H40N2O2/c1-3-15-49-42(4-2)46-30-36(25-29-50(46)55(49)41-19-10-5-6-11-20-41)38-23-27-45-52(33-38)57-51-32-37(22-26-44(51)53(45)56)35-24-28-48-47(31-35)43-21-14-7-9-16-39(43)34-54(48)40-17-12-8-13-18-40/h3-5,8-33H,2,6-7,34H2,1H3/b15-3-. The molecule has 0 radical (unpaired) electrons. The molecule has 0 bridgehead atoms. The molecule has 2 aromatic heterocycles. The third kappa shape index (κ3) is 5.89.